The van der Waals surface area contributed by atoms with E-state index >= 15 is 0 Å². The summed E-state index contributed by atoms with van der Waals surface area (Å²) >= 11 is 0. The third kappa shape index (κ3) is 2.77. The van der Waals surface area contributed by atoms with Gasteiger partial charge in [-0.2, -0.15) is 0 Å². The third-order valence-electron chi connectivity index (χ3n) is 2.33. The van der Waals surface area contributed by atoms with Gasteiger partial charge >= 0.3 is 0 Å². The maximum Gasteiger partial charge on any atom is 0.126 e. The lowest BCUT2D eigenvalue weighted by atomic mass is 9.96. The molecule has 78 valence electrons. The van der Waals surface area contributed by atoms with Gasteiger partial charge in [0.1, 0.15) is 11.6 Å². The second kappa shape index (κ2) is 5.05. The van der Waals surface area contributed by atoms with Gasteiger partial charge in [-0.25, -0.2) is 8.78 Å². The molecule has 0 saturated carbocycles. The molecule has 0 aliphatic heterocycles. The number of nitrogens with two attached hydrogens (primary N) is 1. The van der Waals surface area contributed by atoms with Crippen LogP contribution >= 0.6 is 0 Å². The molecule has 0 amide bonds. The molecule has 0 saturated heterocycles. The molecule has 0 aliphatic rings. The fourth-order valence-corrected chi connectivity index (χ4v) is 1.47. The smallest absolute Gasteiger partial charge is 0.126 e. The van der Waals surface area contributed by atoms with E-state index in [1.807, 2.05) is 6.92 Å². The lowest BCUT2D eigenvalue weighted by Gasteiger charge is -2.11. The van der Waals surface area contributed by atoms with Gasteiger partial charge in [-0.15, -0.1) is 0 Å². The Kier molecular flexibility index (Phi) is 4.01. The van der Waals surface area contributed by atoms with E-state index in [-0.39, 0.29) is 17.6 Å². The SMILES string of the molecule is CC(CCCN)c1cc(F)ccc1F. The normalized spacial score (nSPS) is 12.9. The molecule has 0 heterocycles. The first kappa shape index (κ1) is 11.1. The van der Waals surface area contributed by atoms with E-state index in [9.17, 15) is 8.78 Å². The molecule has 0 spiro atoms. The minimum absolute atomic E-state index is 0.0225. The summed E-state index contributed by atoms with van der Waals surface area (Å²) in [5.74, 6) is -0.703. The van der Waals surface area contributed by atoms with Gasteiger partial charge in [0.25, 0.3) is 0 Å². The van der Waals surface area contributed by atoms with Crippen LogP contribution in [0.2, 0.25) is 0 Å². The minimum atomic E-state index is -0.388. The van der Waals surface area contributed by atoms with Crippen molar-refractivity contribution in [2.24, 2.45) is 5.73 Å². The van der Waals surface area contributed by atoms with Crippen molar-refractivity contribution < 1.29 is 8.78 Å². The first-order valence-corrected chi connectivity index (χ1v) is 4.80. The minimum Gasteiger partial charge on any atom is -0.330 e. The van der Waals surface area contributed by atoms with Crippen molar-refractivity contribution >= 4 is 0 Å². The summed E-state index contributed by atoms with van der Waals surface area (Å²) in [5.41, 5.74) is 5.80. The monoisotopic (exact) mass is 199 g/mol. The molecule has 0 aromatic heterocycles. The molecule has 0 bridgehead atoms. The Hall–Kier alpha value is -0.960. The van der Waals surface area contributed by atoms with Crippen LogP contribution in [0.3, 0.4) is 0 Å². The predicted molar refractivity (Wildman–Crippen MR) is 53.1 cm³/mol. The van der Waals surface area contributed by atoms with Gasteiger partial charge in [0.15, 0.2) is 0 Å². The topological polar surface area (TPSA) is 26.0 Å². The number of hydrogen-bond acceptors (Lipinski definition) is 1. The zero-order chi connectivity index (χ0) is 10.6. The molecule has 14 heavy (non-hydrogen) atoms. The van der Waals surface area contributed by atoms with Gasteiger partial charge < -0.3 is 5.73 Å². The van der Waals surface area contributed by atoms with E-state index < -0.39 is 0 Å². The molecule has 2 N–H and O–H groups in total. The Morgan fingerprint density at radius 1 is 1.36 bits per heavy atom. The van der Waals surface area contributed by atoms with E-state index in [0.29, 0.717) is 12.1 Å². The number of halogens is 2. The van der Waals surface area contributed by atoms with Crippen LogP contribution in [-0.2, 0) is 0 Å². The van der Waals surface area contributed by atoms with Gasteiger partial charge in [0.2, 0.25) is 0 Å². The summed E-state index contributed by atoms with van der Waals surface area (Å²) in [6.07, 6.45) is 1.62. The van der Waals surface area contributed by atoms with Crippen molar-refractivity contribution in [3.8, 4) is 0 Å². The second-order valence-corrected chi connectivity index (χ2v) is 3.50. The molecule has 3 heteroatoms. The Labute approximate surface area is 82.9 Å². The Bertz CT molecular complexity index is 299. The van der Waals surface area contributed by atoms with Crippen LogP contribution in [0.1, 0.15) is 31.2 Å². The first-order valence-electron chi connectivity index (χ1n) is 4.80. The van der Waals surface area contributed by atoms with Gasteiger partial charge in [-0.3, -0.25) is 0 Å². The molecule has 0 radical (unpaired) electrons. The molecule has 1 atom stereocenters. The van der Waals surface area contributed by atoms with Gasteiger partial charge in [-0.1, -0.05) is 6.92 Å². The standard InChI is InChI=1S/C11H15F2N/c1-8(3-2-6-14)10-7-9(12)4-5-11(10)13/h4-5,7-8H,2-3,6,14H2,1H3. The van der Waals surface area contributed by atoms with Crippen LogP contribution in [0.15, 0.2) is 18.2 Å². The maximum atomic E-state index is 13.2. The van der Waals surface area contributed by atoms with Crippen molar-refractivity contribution in [1.82, 2.24) is 0 Å². The fraction of sp³-hybridized carbons (Fsp3) is 0.455. The molecule has 1 unspecified atom stereocenters. The largest absolute Gasteiger partial charge is 0.330 e. The van der Waals surface area contributed by atoms with E-state index in [2.05, 4.69) is 0 Å². The fourth-order valence-electron chi connectivity index (χ4n) is 1.47. The van der Waals surface area contributed by atoms with E-state index in [1.165, 1.54) is 12.1 Å². The lowest BCUT2D eigenvalue weighted by molar-refractivity contribution is 0.550. The van der Waals surface area contributed by atoms with E-state index in [0.717, 1.165) is 18.9 Å². The molecule has 1 aromatic carbocycles. The van der Waals surface area contributed by atoms with Crippen LogP contribution < -0.4 is 5.73 Å². The molecular formula is C11H15F2N. The summed E-state index contributed by atoms with van der Waals surface area (Å²) in [5, 5.41) is 0. The first-order chi connectivity index (χ1) is 6.65. The van der Waals surface area contributed by atoms with Gasteiger partial charge in [0.05, 0.1) is 0 Å². The average Bonchev–Trinajstić information content (AvgIpc) is 2.18. The molecule has 1 aromatic rings. The second-order valence-electron chi connectivity index (χ2n) is 3.50. The van der Waals surface area contributed by atoms with Crippen molar-refractivity contribution in [2.75, 3.05) is 6.54 Å². The summed E-state index contributed by atoms with van der Waals surface area (Å²) in [6.45, 7) is 2.47. The molecule has 0 fully saturated rings. The van der Waals surface area contributed by atoms with Gasteiger partial charge in [-0.05, 0) is 49.1 Å². The van der Waals surface area contributed by atoms with Crippen molar-refractivity contribution in [3.63, 3.8) is 0 Å². The molecule has 0 aliphatic carbocycles. The van der Waals surface area contributed by atoms with Crippen molar-refractivity contribution in [3.05, 3.63) is 35.4 Å². The predicted octanol–water partition coefficient (Wildman–Crippen LogP) is 2.81. The highest BCUT2D eigenvalue weighted by atomic mass is 19.1. The summed E-state index contributed by atoms with van der Waals surface area (Å²) in [6, 6.07) is 3.56. The Balaban J connectivity index is 2.77. The van der Waals surface area contributed by atoms with Crippen LogP contribution in [0.25, 0.3) is 0 Å². The highest BCUT2D eigenvalue weighted by molar-refractivity contribution is 5.22. The van der Waals surface area contributed by atoms with Gasteiger partial charge in [0, 0.05) is 0 Å². The highest BCUT2D eigenvalue weighted by Crippen LogP contribution is 2.23. The molecule has 1 nitrogen and oxygen atoms in total. The molecular weight excluding hydrogens is 184 g/mol. The van der Waals surface area contributed by atoms with Crippen LogP contribution in [0.5, 0.6) is 0 Å². The van der Waals surface area contributed by atoms with E-state index in [1.54, 1.807) is 0 Å². The summed E-state index contributed by atoms with van der Waals surface area (Å²) in [7, 11) is 0. The number of benzene rings is 1. The van der Waals surface area contributed by atoms with Crippen molar-refractivity contribution in [2.45, 2.75) is 25.7 Å². The summed E-state index contributed by atoms with van der Waals surface area (Å²) < 4.78 is 26.1. The number of rotatable bonds is 4. The van der Waals surface area contributed by atoms with Crippen LogP contribution in [-0.4, -0.2) is 6.54 Å². The van der Waals surface area contributed by atoms with Crippen LogP contribution in [0.4, 0.5) is 8.78 Å². The zero-order valence-electron chi connectivity index (χ0n) is 8.26. The number of hydrogen-bond donors (Lipinski definition) is 1. The highest BCUT2D eigenvalue weighted by Gasteiger charge is 2.11. The molecule has 1 rings (SSSR count). The van der Waals surface area contributed by atoms with E-state index in [4.69, 9.17) is 5.73 Å². The van der Waals surface area contributed by atoms with Crippen LogP contribution in [0, 0.1) is 11.6 Å². The lowest BCUT2D eigenvalue weighted by Crippen LogP contribution is -2.03. The summed E-state index contributed by atoms with van der Waals surface area (Å²) in [4.78, 5) is 0. The Morgan fingerprint density at radius 3 is 2.71 bits per heavy atom. The zero-order valence-corrected chi connectivity index (χ0v) is 8.26. The quantitative estimate of drug-likeness (QED) is 0.792. The average molecular weight is 199 g/mol. The maximum absolute atomic E-state index is 13.2. The third-order valence-corrected chi connectivity index (χ3v) is 2.33. The Morgan fingerprint density at radius 2 is 2.07 bits per heavy atom. The van der Waals surface area contributed by atoms with Crippen molar-refractivity contribution in [1.29, 1.82) is 0 Å².